The summed E-state index contributed by atoms with van der Waals surface area (Å²) in [6.45, 7) is 0. The zero-order chi connectivity index (χ0) is 18.0. The molecule has 0 N–H and O–H groups in total. The second kappa shape index (κ2) is 5.56. The van der Waals surface area contributed by atoms with E-state index >= 15 is 0 Å². The lowest BCUT2D eigenvalue weighted by atomic mass is 10.1. The fourth-order valence-corrected chi connectivity index (χ4v) is 5.08. The van der Waals surface area contributed by atoms with Crippen molar-refractivity contribution in [2.45, 2.75) is 0 Å². The average Bonchev–Trinajstić information content (AvgIpc) is 3.29. The van der Waals surface area contributed by atoms with Crippen molar-refractivity contribution in [3.8, 4) is 11.5 Å². The number of hydrogen-bond acceptors (Lipinski definition) is 3. The summed E-state index contributed by atoms with van der Waals surface area (Å²) in [5.74, 6) is 0.643. The largest absolute Gasteiger partial charge is 0.435 e. The Kier molecular flexibility index (Phi) is 3.13. The number of rotatable bonds is 1. The molecule has 128 valence electrons. The molecule has 0 aliphatic carbocycles. The molecular formula is C23H12ClNOS. The number of benzene rings is 4. The summed E-state index contributed by atoms with van der Waals surface area (Å²) >= 11 is 8.09. The normalized spacial score (nSPS) is 11.9. The first-order valence-electron chi connectivity index (χ1n) is 8.67. The van der Waals surface area contributed by atoms with Crippen LogP contribution in [-0.2, 0) is 0 Å². The van der Waals surface area contributed by atoms with Gasteiger partial charge in [-0.15, -0.1) is 11.3 Å². The smallest absolute Gasteiger partial charge is 0.227 e. The molecule has 27 heavy (non-hydrogen) atoms. The third kappa shape index (κ3) is 2.22. The summed E-state index contributed by atoms with van der Waals surface area (Å²) in [6, 6.07) is 24.7. The molecule has 4 heteroatoms. The minimum absolute atomic E-state index is 0.643. The van der Waals surface area contributed by atoms with Gasteiger partial charge in [0.05, 0.1) is 9.72 Å². The zero-order valence-corrected chi connectivity index (χ0v) is 15.6. The molecular weight excluding hydrogens is 374 g/mol. The van der Waals surface area contributed by atoms with Gasteiger partial charge in [-0.25, -0.2) is 4.98 Å². The predicted octanol–water partition coefficient (Wildman–Crippen LogP) is 7.67. The SMILES string of the molecule is Clc1cccc2c1sc1ccc3nc(-c4ccc5ccccc5c4)oc3c12. The first-order valence-corrected chi connectivity index (χ1v) is 9.87. The van der Waals surface area contributed by atoms with Crippen LogP contribution in [0.2, 0.25) is 5.02 Å². The molecule has 0 bridgehead atoms. The molecule has 2 nitrogen and oxygen atoms in total. The van der Waals surface area contributed by atoms with Gasteiger partial charge in [-0.2, -0.15) is 0 Å². The molecule has 6 rings (SSSR count). The van der Waals surface area contributed by atoms with Crippen molar-refractivity contribution in [3.63, 3.8) is 0 Å². The minimum atomic E-state index is 0.643. The number of oxazole rings is 1. The number of hydrogen-bond donors (Lipinski definition) is 0. The van der Waals surface area contributed by atoms with Crippen LogP contribution in [-0.4, -0.2) is 4.98 Å². The first kappa shape index (κ1) is 15.2. The molecule has 0 aliphatic heterocycles. The van der Waals surface area contributed by atoms with E-state index in [0.29, 0.717) is 5.89 Å². The van der Waals surface area contributed by atoms with E-state index < -0.39 is 0 Å². The summed E-state index contributed by atoms with van der Waals surface area (Å²) in [6.07, 6.45) is 0. The van der Waals surface area contributed by atoms with Gasteiger partial charge in [0, 0.05) is 21.0 Å². The highest BCUT2D eigenvalue weighted by Crippen LogP contribution is 2.42. The predicted molar refractivity (Wildman–Crippen MR) is 115 cm³/mol. The van der Waals surface area contributed by atoms with E-state index in [1.54, 1.807) is 11.3 Å². The maximum Gasteiger partial charge on any atom is 0.227 e. The van der Waals surface area contributed by atoms with Gasteiger partial charge < -0.3 is 4.42 Å². The summed E-state index contributed by atoms with van der Waals surface area (Å²) in [5.41, 5.74) is 2.67. The van der Waals surface area contributed by atoms with Gasteiger partial charge in [-0.05, 0) is 41.1 Å². The van der Waals surface area contributed by atoms with Gasteiger partial charge >= 0.3 is 0 Å². The van der Waals surface area contributed by atoms with Gasteiger partial charge in [-0.3, -0.25) is 0 Å². The van der Waals surface area contributed by atoms with Crippen LogP contribution in [0, 0.1) is 0 Å². The van der Waals surface area contributed by atoms with Crippen molar-refractivity contribution in [1.82, 2.24) is 4.98 Å². The van der Waals surface area contributed by atoms with Gasteiger partial charge in [0.2, 0.25) is 5.89 Å². The molecule has 0 unspecified atom stereocenters. The van der Waals surface area contributed by atoms with Gasteiger partial charge in [0.1, 0.15) is 5.52 Å². The molecule has 2 heterocycles. The van der Waals surface area contributed by atoms with Crippen molar-refractivity contribution in [2.75, 3.05) is 0 Å². The number of nitrogens with zero attached hydrogens (tertiary/aromatic N) is 1. The van der Waals surface area contributed by atoms with Crippen LogP contribution >= 0.6 is 22.9 Å². The van der Waals surface area contributed by atoms with E-state index in [-0.39, 0.29) is 0 Å². The van der Waals surface area contributed by atoms with E-state index in [9.17, 15) is 0 Å². The third-order valence-electron chi connectivity index (χ3n) is 4.96. The first-order chi connectivity index (χ1) is 13.3. The second-order valence-corrected chi connectivity index (χ2v) is 8.05. The molecule has 4 aromatic carbocycles. The summed E-state index contributed by atoms with van der Waals surface area (Å²) in [7, 11) is 0. The van der Waals surface area contributed by atoms with Crippen molar-refractivity contribution >= 4 is 65.0 Å². The highest BCUT2D eigenvalue weighted by molar-refractivity contribution is 7.26. The van der Waals surface area contributed by atoms with Crippen molar-refractivity contribution in [2.24, 2.45) is 0 Å². The number of aromatic nitrogens is 1. The molecule has 0 radical (unpaired) electrons. The average molecular weight is 386 g/mol. The lowest BCUT2D eigenvalue weighted by Gasteiger charge is -1.99. The highest BCUT2D eigenvalue weighted by atomic mass is 35.5. The topological polar surface area (TPSA) is 26.0 Å². The van der Waals surface area contributed by atoms with Crippen LogP contribution in [0.3, 0.4) is 0 Å². The maximum atomic E-state index is 6.40. The van der Waals surface area contributed by atoms with Gasteiger partial charge in [-0.1, -0.05) is 54.1 Å². The Bertz CT molecular complexity index is 1490. The molecule has 0 atom stereocenters. The van der Waals surface area contributed by atoms with E-state index in [2.05, 4.69) is 42.5 Å². The summed E-state index contributed by atoms with van der Waals surface area (Å²) in [5, 5.41) is 5.37. The summed E-state index contributed by atoms with van der Waals surface area (Å²) < 4.78 is 8.52. The molecule has 2 aromatic heterocycles. The molecule has 6 aromatic rings. The number of thiophene rings is 1. The maximum absolute atomic E-state index is 6.40. The van der Waals surface area contributed by atoms with Crippen LogP contribution in [0.15, 0.2) is 77.2 Å². The fourth-order valence-electron chi connectivity index (χ4n) is 3.68. The lowest BCUT2D eigenvalue weighted by molar-refractivity contribution is 0.623. The second-order valence-electron chi connectivity index (χ2n) is 6.59. The molecule has 0 fully saturated rings. The van der Waals surface area contributed by atoms with E-state index in [1.807, 2.05) is 30.3 Å². The fraction of sp³-hybridized carbons (Fsp3) is 0. The third-order valence-corrected chi connectivity index (χ3v) is 6.60. The Morgan fingerprint density at radius 1 is 0.852 bits per heavy atom. The zero-order valence-electron chi connectivity index (χ0n) is 14.1. The van der Waals surface area contributed by atoms with Crippen LogP contribution in [0.5, 0.6) is 0 Å². The van der Waals surface area contributed by atoms with Crippen molar-refractivity contribution < 1.29 is 4.42 Å². The number of fused-ring (bicyclic) bond motifs is 6. The van der Waals surface area contributed by atoms with Crippen LogP contribution in [0.4, 0.5) is 0 Å². The van der Waals surface area contributed by atoms with E-state index in [4.69, 9.17) is 21.0 Å². The molecule has 0 saturated heterocycles. The number of halogens is 1. The molecule has 0 spiro atoms. The molecule has 0 saturated carbocycles. The summed E-state index contributed by atoms with van der Waals surface area (Å²) in [4.78, 5) is 4.75. The minimum Gasteiger partial charge on any atom is -0.435 e. The van der Waals surface area contributed by atoms with Crippen LogP contribution in [0.25, 0.3) is 53.5 Å². The Morgan fingerprint density at radius 3 is 2.67 bits per heavy atom. The van der Waals surface area contributed by atoms with Crippen molar-refractivity contribution in [3.05, 3.63) is 77.8 Å². The molecule has 0 amide bonds. The van der Waals surface area contributed by atoms with Gasteiger partial charge in [0.15, 0.2) is 5.58 Å². The monoisotopic (exact) mass is 385 g/mol. The van der Waals surface area contributed by atoms with Crippen LogP contribution < -0.4 is 0 Å². The Hall–Kier alpha value is -2.88. The lowest BCUT2D eigenvalue weighted by Crippen LogP contribution is -1.78. The Morgan fingerprint density at radius 2 is 1.74 bits per heavy atom. The van der Waals surface area contributed by atoms with E-state index in [1.165, 1.54) is 10.8 Å². The van der Waals surface area contributed by atoms with E-state index in [0.717, 1.165) is 41.9 Å². The standard InChI is InChI=1S/C23H12ClNOS/c24-17-7-3-6-16-20-19(27-22(16)17)11-10-18-21(20)26-23(25-18)15-9-8-13-4-1-2-5-14(13)12-15/h1-12H. The van der Waals surface area contributed by atoms with Gasteiger partial charge in [0.25, 0.3) is 0 Å². The van der Waals surface area contributed by atoms with Crippen LogP contribution in [0.1, 0.15) is 0 Å². The molecule has 0 aliphatic rings. The Labute approximate surface area is 163 Å². The van der Waals surface area contributed by atoms with Crippen molar-refractivity contribution in [1.29, 1.82) is 0 Å². The Balaban J connectivity index is 1.65. The highest BCUT2D eigenvalue weighted by Gasteiger charge is 2.16. The quantitative estimate of drug-likeness (QED) is 0.290.